The molecule has 0 radical (unpaired) electrons. The number of nitrogens with zero attached hydrogens (tertiary/aromatic N) is 1. The van der Waals surface area contributed by atoms with Crippen molar-refractivity contribution in [1.29, 1.82) is 0 Å². The van der Waals surface area contributed by atoms with E-state index in [1.54, 1.807) is 4.90 Å². The van der Waals surface area contributed by atoms with Gasteiger partial charge in [0.25, 0.3) is 0 Å². The van der Waals surface area contributed by atoms with Gasteiger partial charge in [0.1, 0.15) is 0 Å². The second kappa shape index (κ2) is 5.05. The van der Waals surface area contributed by atoms with Crippen molar-refractivity contribution < 1.29 is 14.7 Å². The Hall–Kier alpha value is -0.970. The minimum Gasteiger partial charge on any atom is -0.481 e. The molecule has 78 valence electrons. The van der Waals surface area contributed by atoms with E-state index in [0.717, 1.165) is 6.42 Å². The Morgan fingerprint density at radius 1 is 1.79 bits per heavy atom. The van der Waals surface area contributed by atoms with E-state index in [1.807, 2.05) is 0 Å². The van der Waals surface area contributed by atoms with Crippen molar-refractivity contribution in [3.05, 3.63) is 12.8 Å². The summed E-state index contributed by atoms with van der Waals surface area (Å²) in [5, 5.41) is 8.35. The summed E-state index contributed by atoms with van der Waals surface area (Å²) in [6.45, 7) is 4.24. The molecule has 1 fully saturated rings. The van der Waals surface area contributed by atoms with Crippen LogP contribution in [0.15, 0.2) is 12.8 Å². The zero-order valence-corrected chi connectivity index (χ0v) is 8.63. The van der Waals surface area contributed by atoms with Crippen LogP contribution in [0.4, 0.5) is 0 Å². The summed E-state index contributed by atoms with van der Waals surface area (Å²) < 4.78 is 0. The highest BCUT2D eigenvalue weighted by molar-refractivity contribution is 8.00. The minimum atomic E-state index is -0.816. The van der Waals surface area contributed by atoms with Crippen LogP contribution < -0.4 is 0 Å². The van der Waals surface area contributed by atoms with Crippen molar-refractivity contribution in [2.45, 2.75) is 18.1 Å². The van der Waals surface area contributed by atoms with Gasteiger partial charge < -0.3 is 10.0 Å². The predicted molar refractivity (Wildman–Crippen MR) is 55.0 cm³/mol. The molecule has 0 aromatic rings. The van der Waals surface area contributed by atoms with Crippen molar-refractivity contribution in [1.82, 2.24) is 4.90 Å². The molecule has 0 aliphatic carbocycles. The maximum atomic E-state index is 11.5. The third-order valence-corrected chi connectivity index (χ3v) is 3.33. The molecule has 0 saturated carbocycles. The largest absolute Gasteiger partial charge is 0.481 e. The Morgan fingerprint density at radius 3 is 3.00 bits per heavy atom. The number of carbonyl (C=O) groups is 2. The lowest BCUT2D eigenvalue weighted by molar-refractivity contribution is -0.136. The molecule has 1 rings (SSSR count). The number of likely N-dealkylation sites (tertiary alicyclic amines) is 1. The molecule has 1 amide bonds. The minimum absolute atomic E-state index is 0.0513. The average Bonchev–Trinajstić information content (AvgIpc) is 2.47. The van der Waals surface area contributed by atoms with Crippen molar-refractivity contribution in [2.75, 3.05) is 12.3 Å². The van der Waals surface area contributed by atoms with E-state index in [0.29, 0.717) is 12.3 Å². The fourth-order valence-corrected chi connectivity index (χ4v) is 2.43. The average molecular weight is 215 g/mol. The van der Waals surface area contributed by atoms with E-state index in [4.69, 9.17) is 5.11 Å². The second-order valence-electron chi connectivity index (χ2n) is 3.01. The molecule has 1 aliphatic rings. The van der Waals surface area contributed by atoms with Gasteiger partial charge in [-0.25, -0.2) is 0 Å². The van der Waals surface area contributed by atoms with Crippen molar-refractivity contribution >= 4 is 23.6 Å². The molecule has 1 atom stereocenters. The first-order valence-electron chi connectivity index (χ1n) is 4.41. The molecule has 1 aliphatic heterocycles. The number of carboxylic acid groups (broad SMARTS) is 1. The van der Waals surface area contributed by atoms with Gasteiger partial charge in [-0.2, -0.15) is 0 Å². The van der Waals surface area contributed by atoms with E-state index in [2.05, 4.69) is 6.58 Å². The molecular formula is C9H13NO3S. The molecule has 1 N–H and O–H groups in total. The monoisotopic (exact) mass is 215 g/mol. The van der Waals surface area contributed by atoms with Crippen LogP contribution in [0.25, 0.3) is 0 Å². The molecule has 1 saturated heterocycles. The topological polar surface area (TPSA) is 57.6 Å². The lowest BCUT2D eigenvalue weighted by atomic mass is 10.4. The Kier molecular flexibility index (Phi) is 4.00. The third-order valence-electron chi connectivity index (χ3n) is 2.05. The predicted octanol–water partition coefficient (Wildman–Crippen LogP) is 0.939. The maximum Gasteiger partial charge on any atom is 0.304 e. The van der Waals surface area contributed by atoms with Gasteiger partial charge in [0.2, 0.25) is 5.91 Å². The Morgan fingerprint density at radius 2 is 2.50 bits per heavy atom. The van der Waals surface area contributed by atoms with Crippen LogP contribution in [0.5, 0.6) is 0 Å². The number of thioether (sulfide) groups is 1. The molecule has 14 heavy (non-hydrogen) atoms. The third kappa shape index (κ3) is 2.77. The summed E-state index contributed by atoms with van der Waals surface area (Å²) in [7, 11) is 0. The zero-order valence-electron chi connectivity index (χ0n) is 7.81. The maximum absolute atomic E-state index is 11.5. The van der Waals surface area contributed by atoms with Crippen molar-refractivity contribution in [3.63, 3.8) is 0 Å². The number of amides is 1. The van der Waals surface area contributed by atoms with Crippen LogP contribution in [0, 0.1) is 0 Å². The van der Waals surface area contributed by atoms with E-state index in [9.17, 15) is 9.59 Å². The highest BCUT2D eigenvalue weighted by Crippen LogP contribution is 2.24. The van der Waals surface area contributed by atoms with Gasteiger partial charge in [0, 0.05) is 12.3 Å². The standard InChI is InChI=1S/C9H13NO3S/c1-2-10-5-3-7(9(10)13)14-6-4-8(11)12/h2,7H,1,3-6H2,(H,11,12). The normalized spacial score (nSPS) is 21.3. The van der Waals surface area contributed by atoms with E-state index >= 15 is 0 Å². The van der Waals surface area contributed by atoms with Gasteiger partial charge in [-0.05, 0) is 12.6 Å². The summed E-state index contributed by atoms with van der Waals surface area (Å²) in [4.78, 5) is 23.3. The summed E-state index contributed by atoms with van der Waals surface area (Å²) in [6, 6.07) is 0. The Bertz CT molecular complexity index is 254. The number of rotatable bonds is 5. The number of aliphatic carboxylic acids is 1. The first-order chi connectivity index (χ1) is 6.65. The Balaban J connectivity index is 2.29. The van der Waals surface area contributed by atoms with Crippen LogP contribution in [-0.2, 0) is 9.59 Å². The van der Waals surface area contributed by atoms with Gasteiger partial charge in [0.15, 0.2) is 0 Å². The quantitative estimate of drug-likeness (QED) is 0.741. The first-order valence-corrected chi connectivity index (χ1v) is 5.46. The molecule has 5 heteroatoms. The molecule has 0 aromatic heterocycles. The molecule has 1 unspecified atom stereocenters. The fourth-order valence-electron chi connectivity index (χ4n) is 1.30. The van der Waals surface area contributed by atoms with Gasteiger partial charge >= 0.3 is 5.97 Å². The summed E-state index contributed by atoms with van der Waals surface area (Å²) in [5.41, 5.74) is 0. The number of hydrogen-bond donors (Lipinski definition) is 1. The summed E-state index contributed by atoms with van der Waals surface area (Å²) >= 11 is 1.42. The van der Waals surface area contributed by atoms with Crippen LogP contribution in [-0.4, -0.2) is 39.4 Å². The van der Waals surface area contributed by atoms with Gasteiger partial charge in [-0.15, -0.1) is 11.8 Å². The zero-order chi connectivity index (χ0) is 10.6. The van der Waals surface area contributed by atoms with Crippen LogP contribution in [0.1, 0.15) is 12.8 Å². The molecule has 0 spiro atoms. The number of carboxylic acids is 1. The van der Waals surface area contributed by atoms with E-state index < -0.39 is 5.97 Å². The molecule has 1 heterocycles. The van der Waals surface area contributed by atoms with Crippen LogP contribution in [0.2, 0.25) is 0 Å². The molecular weight excluding hydrogens is 202 g/mol. The lowest BCUT2D eigenvalue weighted by Gasteiger charge is -2.09. The Labute approximate surface area is 87.0 Å². The highest BCUT2D eigenvalue weighted by Gasteiger charge is 2.30. The van der Waals surface area contributed by atoms with E-state index in [-0.39, 0.29) is 17.6 Å². The van der Waals surface area contributed by atoms with Gasteiger partial charge in [-0.3, -0.25) is 9.59 Å². The van der Waals surface area contributed by atoms with Crippen molar-refractivity contribution in [2.24, 2.45) is 0 Å². The van der Waals surface area contributed by atoms with Crippen molar-refractivity contribution in [3.8, 4) is 0 Å². The summed E-state index contributed by atoms with van der Waals surface area (Å²) in [6.07, 6.45) is 2.43. The molecule has 0 aromatic carbocycles. The molecule has 0 bridgehead atoms. The van der Waals surface area contributed by atoms with E-state index in [1.165, 1.54) is 18.0 Å². The number of carbonyl (C=O) groups excluding carboxylic acids is 1. The van der Waals surface area contributed by atoms with Crippen LogP contribution in [0.3, 0.4) is 0 Å². The van der Waals surface area contributed by atoms with Crippen LogP contribution >= 0.6 is 11.8 Å². The summed E-state index contributed by atoms with van der Waals surface area (Å²) in [5.74, 6) is -0.268. The van der Waals surface area contributed by atoms with Gasteiger partial charge in [-0.1, -0.05) is 6.58 Å². The number of hydrogen-bond acceptors (Lipinski definition) is 3. The smallest absolute Gasteiger partial charge is 0.304 e. The first kappa shape index (κ1) is 11.1. The van der Waals surface area contributed by atoms with Gasteiger partial charge in [0.05, 0.1) is 11.7 Å². The SMILES string of the molecule is C=CN1CCC(SCCC(=O)O)C1=O. The highest BCUT2D eigenvalue weighted by atomic mass is 32.2. The molecule has 4 nitrogen and oxygen atoms in total. The lowest BCUT2D eigenvalue weighted by Crippen LogP contribution is -2.23. The second-order valence-corrected chi connectivity index (χ2v) is 4.32. The fraction of sp³-hybridized carbons (Fsp3) is 0.556.